The van der Waals surface area contributed by atoms with Crippen molar-refractivity contribution in [1.29, 1.82) is 0 Å². The van der Waals surface area contributed by atoms with E-state index in [-0.39, 0.29) is 31.1 Å². The molecule has 0 saturated carbocycles. The summed E-state index contributed by atoms with van der Waals surface area (Å²) in [6, 6.07) is 0. The van der Waals surface area contributed by atoms with Gasteiger partial charge in [0.2, 0.25) is 11.8 Å². The Morgan fingerprint density at radius 3 is 2.83 bits per heavy atom. The molecule has 7 nitrogen and oxygen atoms in total. The van der Waals surface area contributed by atoms with E-state index in [2.05, 4.69) is 0 Å². The number of carbonyl (C=O) groups is 3. The van der Waals surface area contributed by atoms with Crippen LogP contribution in [0.4, 0.5) is 0 Å². The van der Waals surface area contributed by atoms with Gasteiger partial charge in [-0.05, 0) is 19.8 Å². The zero-order valence-corrected chi connectivity index (χ0v) is 13.8. The summed E-state index contributed by atoms with van der Waals surface area (Å²) in [6.07, 6.45) is 5.50. The first-order chi connectivity index (χ1) is 11.6. The fourth-order valence-corrected chi connectivity index (χ4v) is 4.50. The van der Waals surface area contributed by atoms with Gasteiger partial charge in [0.15, 0.2) is 0 Å². The van der Waals surface area contributed by atoms with Gasteiger partial charge >= 0.3 is 5.97 Å². The maximum atomic E-state index is 12.9. The van der Waals surface area contributed by atoms with Gasteiger partial charge in [0, 0.05) is 13.1 Å². The lowest BCUT2D eigenvalue weighted by Gasteiger charge is -2.27. The summed E-state index contributed by atoms with van der Waals surface area (Å²) in [6.45, 7) is 3.75. The maximum absolute atomic E-state index is 12.9. The predicted molar refractivity (Wildman–Crippen MR) is 82.8 cm³/mol. The highest BCUT2D eigenvalue weighted by Crippen LogP contribution is 2.52. The number of amides is 2. The molecule has 0 aliphatic carbocycles. The van der Waals surface area contributed by atoms with Gasteiger partial charge in [-0.1, -0.05) is 12.2 Å². The molecule has 3 fully saturated rings. The fourth-order valence-electron chi connectivity index (χ4n) is 4.50. The van der Waals surface area contributed by atoms with Crippen molar-refractivity contribution < 1.29 is 23.9 Å². The molecule has 4 unspecified atom stereocenters. The molecule has 4 atom stereocenters. The topological polar surface area (TPSA) is 76.2 Å². The molecule has 0 aromatic rings. The molecule has 4 aliphatic heterocycles. The summed E-state index contributed by atoms with van der Waals surface area (Å²) < 4.78 is 11.0. The number of ether oxygens (including phenoxy) is 2. The molecule has 0 aromatic carbocycles. The van der Waals surface area contributed by atoms with Crippen molar-refractivity contribution in [3.63, 3.8) is 0 Å². The first kappa shape index (κ1) is 15.6. The van der Waals surface area contributed by atoms with Crippen LogP contribution >= 0.6 is 0 Å². The quantitative estimate of drug-likeness (QED) is 0.532. The molecule has 0 aromatic heterocycles. The zero-order chi connectivity index (χ0) is 16.9. The molecule has 1 spiro atoms. The van der Waals surface area contributed by atoms with E-state index in [1.54, 1.807) is 6.92 Å². The SMILES string of the molecule is CCOC(=O)CN1CC23C=CC(O2)C(C(=O)N2CCCC2)C3C1=O. The number of nitrogens with zero attached hydrogens (tertiary/aromatic N) is 2. The number of rotatable bonds is 4. The lowest BCUT2D eigenvalue weighted by atomic mass is 9.76. The molecule has 0 radical (unpaired) electrons. The average Bonchev–Trinajstić information content (AvgIpc) is 3.29. The minimum Gasteiger partial charge on any atom is -0.465 e. The van der Waals surface area contributed by atoms with Crippen molar-refractivity contribution in [3.8, 4) is 0 Å². The summed E-state index contributed by atoms with van der Waals surface area (Å²) in [7, 11) is 0. The molecule has 7 heteroatoms. The Morgan fingerprint density at radius 2 is 2.12 bits per heavy atom. The van der Waals surface area contributed by atoms with Crippen LogP contribution in [0, 0.1) is 11.8 Å². The summed E-state index contributed by atoms with van der Waals surface area (Å²) in [5.74, 6) is -1.57. The van der Waals surface area contributed by atoms with E-state index in [4.69, 9.17) is 9.47 Å². The Morgan fingerprint density at radius 1 is 1.38 bits per heavy atom. The monoisotopic (exact) mass is 334 g/mol. The van der Waals surface area contributed by atoms with Crippen LogP contribution in [-0.2, 0) is 23.9 Å². The van der Waals surface area contributed by atoms with E-state index in [0.29, 0.717) is 6.54 Å². The molecule has 4 rings (SSSR count). The van der Waals surface area contributed by atoms with Crippen LogP contribution in [0.25, 0.3) is 0 Å². The number of hydrogen-bond donors (Lipinski definition) is 0. The zero-order valence-electron chi connectivity index (χ0n) is 13.8. The lowest BCUT2D eigenvalue weighted by molar-refractivity contribution is -0.149. The van der Waals surface area contributed by atoms with Crippen molar-refractivity contribution in [3.05, 3.63) is 12.2 Å². The van der Waals surface area contributed by atoms with Crippen LogP contribution in [0.3, 0.4) is 0 Å². The number of fused-ring (bicyclic) bond motifs is 1. The number of esters is 1. The van der Waals surface area contributed by atoms with Gasteiger partial charge in [-0.15, -0.1) is 0 Å². The number of hydrogen-bond acceptors (Lipinski definition) is 5. The van der Waals surface area contributed by atoms with Gasteiger partial charge in [0.1, 0.15) is 12.1 Å². The molecular weight excluding hydrogens is 312 g/mol. The van der Waals surface area contributed by atoms with Gasteiger partial charge in [0.05, 0.1) is 31.1 Å². The van der Waals surface area contributed by atoms with E-state index >= 15 is 0 Å². The highest BCUT2D eigenvalue weighted by Gasteiger charge is 2.67. The summed E-state index contributed by atoms with van der Waals surface area (Å²) in [5, 5.41) is 0. The first-order valence-corrected chi connectivity index (χ1v) is 8.66. The van der Waals surface area contributed by atoms with Crippen molar-refractivity contribution in [2.75, 3.05) is 32.8 Å². The average molecular weight is 334 g/mol. The normalized spacial score (nSPS) is 36.5. The van der Waals surface area contributed by atoms with Crippen molar-refractivity contribution >= 4 is 17.8 Å². The van der Waals surface area contributed by atoms with E-state index in [1.165, 1.54) is 4.90 Å². The molecule has 0 N–H and O–H groups in total. The Labute approximate surface area is 140 Å². The third-order valence-electron chi connectivity index (χ3n) is 5.51. The molecule has 3 saturated heterocycles. The van der Waals surface area contributed by atoms with Crippen LogP contribution in [0.15, 0.2) is 12.2 Å². The smallest absolute Gasteiger partial charge is 0.325 e. The standard InChI is InChI=1S/C17H22N2O5/c1-2-23-12(20)9-19-10-17-6-5-11(24-17)13(14(17)16(19)22)15(21)18-7-3-4-8-18/h5-6,11,13-14H,2-4,7-10H2,1H3. The van der Waals surface area contributed by atoms with Crippen molar-refractivity contribution in [2.24, 2.45) is 11.8 Å². The Balaban J connectivity index is 1.55. The minimum atomic E-state index is -0.756. The largest absolute Gasteiger partial charge is 0.465 e. The molecule has 24 heavy (non-hydrogen) atoms. The van der Waals surface area contributed by atoms with Crippen LogP contribution in [0.1, 0.15) is 19.8 Å². The van der Waals surface area contributed by atoms with Crippen LogP contribution in [0.2, 0.25) is 0 Å². The molecule has 2 amide bonds. The maximum Gasteiger partial charge on any atom is 0.325 e. The molecule has 4 aliphatic rings. The third-order valence-corrected chi connectivity index (χ3v) is 5.51. The van der Waals surface area contributed by atoms with Gasteiger partial charge in [-0.3, -0.25) is 14.4 Å². The molecule has 130 valence electrons. The third kappa shape index (κ3) is 2.17. The predicted octanol–water partition coefficient (Wildman–Crippen LogP) is -0.0461. The summed E-state index contributed by atoms with van der Waals surface area (Å²) in [5.41, 5.74) is -0.756. The van der Waals surface area contributed by atoms with Crippen molar-refractivity contribution in [2.45, 2.75) is 31.5 Å². The first-order valence-electron chi connectivity index (χ1n) is 8.66. The Kier molecular flexibility index (Phi) is 3.63. The second-order valence-corrected chi connectivity index (χ2v) is 6.93. The summed E-state index contributed by atoms with van der Waals surface area (Å²) >= 11 is 0. The molecule has 2 bridgehead atoms. The number of likely N-dealkylation sites (tertiary alicyclic amines) is 2. The van der Waals surface area contributed by atoms with Crippen LogP contribution in [-0.4, -0.2) is 72.1 Å². The van der Waals surface area contributed by atoms with E-state index in [9.17, 15) is 14.4 Å². The molecule has 4 heterocycles. The highest BCUT2D eigenvalue weighted by atomic mass is 16.5. The Hall–Kier alpha value is -1.89. The van der Waals surface area contributed by atoms with Gasteiger partial charge in [0.25, 0.3) is 0 Å². The minimum absolute atomic E-state index is 0.0139. The number of carbonyl (C=O) groups excluding carboxylic acids is 3. The molecular formula is C17H22N2O5. The van der Waals surface area contributed by atoms with E-state index in [0.717, 1.165) is 25.9 Å². The summed E-state index contributed by atoms with van der Waals surface area (Å²) in [4.78, 5) is 40.8. The van der Waals surface area contributed by atoms with Crippen LogP contribution in [0.5, 0.6) is 0 Å². The van der Waals surface area contributed by atoms with Gasteiger partial charge in [-0.2, -0.15) is 0 Å². The van der Waals surface area contributed by atoms with E-state index in [1.807, 2.05) is 17.1 Å². The second kappa shape index (κ2) is 5.58. The fraction of sp³-hybridized carbons (Fsp3) is 0.706. The highest BCUT2D eigenvalue weighted by molar-refractivity contribution is 5.94. The van der Waals surface area contributed by atoms with E-state index < -0.39 is 23.4 Å². The van der Waals surface area contributed by atoms with Gasteiger partial charge < -0.3 is 19.3 Å². The van der Waals surface area contributed by atoms with Crippen molar-refractivity contribution in [1.82, 2.24) is 9.80 Å². The Bertz CT molecular complexity index is 612. The second-order valence-electron chi connectivity index (χ2n) is 6.93. The van der Waals surface area contributed by atoms with Gasteiger partial charge in [-0.25, -0.2) is 0 Å². The lowest BCUT2D eigenvalue weighted by Crippen LogP contribution is -2.45. The van der Waals surface area contributed by atoms with Crippen LogP contribution < -0.4 is 0 Å².